The minimum absolute atomic E-state index is 0.212. The first kappa shape index (κ1) is 12.0. The second-order valence-electron chi connectivity index (χ2n) is 6.47. The van der Waals surface area contributed by atoms with Gasteiger partial charge in [-0.25, -0.2) is 0 Å². The molecular formula is C17H22O. The summed E-state index contributed by atoms with van der Waals surface area (Å²) < 4.78 is 0. The lowest BCUT2D eigenvalue weighted by molar-refractivity contribution is -0.126. The van der Waals surface area contributed by atoms with Crippen molar-refractivity contribution in [1.82, 2.24) is 0 Å². The first-order chi connectivity index (χ1) is 8.65. The van der Waals surface area contributed by atoms with Gasteiger partial charge in [0.25, 0.3) is 0 Å². The molecule has 96 valence electrons. The van der Waals surface area contributed by atoms with Crippen molar-refractivity contribution in [3.8, 4) is 0 Å². The van der Waals surface area contributed by atoms with Crippen molar-refractivity contribution in [2.75, 3.05) is 0 Å². The van der Waals surface area contributed by atoms with E-state index in [-0.39, 0.29) is 5.92 Å². The highest BCUT2D eigenvalue weighted by Crippen LogP contribution is 2.41. The molecule has 0 aromatic heterocycles. The number of ketones is 1. The van der Waals surface area contributed by atoms with Gasteiger partial charge >= 0.3 is 0 Å². The van der Waals surface area contributed by atoms with E-state index >= 15 is 0 Å². The second-order valence-corrected chi connectivity index (χ2v) is 6.47. The zero-order valence-corrected chi connectivity index (χ0v) is 11.4. The zero-order valence-electron chi connectivity index (χ0n) is 11.4. The average Bonchev–Trinajstić information content (AvgIpc) is 2.29. The fourth-order valence-corrected chi connectivity index (χ4v) is 3.98. The largest absolute Gasteiger partial charge is 0.299 e. The van der Waals surface area contributed by atoms with Crippen molar-refractivity contribution in [2.24, 2.45) is 17.8 Å². The second kappa shape index (κ2) is 4.53. The van der Waals surface area contributed by atoms with Crippen LogP contribution in [0.1, 0.15) is 50.2 Å². The van der Waals surface area contributed by atoms with Crippen LogP contribution in [-0.4, -0.2) is 5.78 Å². The molecule has 1 heteroatoms. The molecule has 0 saturated heterocycles. The number of Topliss-reactive ketones (excluding diaryl/α,β-unsaturated/α-hetero) is 1. The van der Waals surface area contributed by atoms with E-state index in [9.17, 15) is 4.79 Å². The van der Waals surface area contributed by atoms with Crippen molar-refractivity contribution >= 4 is 5.78 Å². The molecule has 3 atom stereocenters. The van der Waals surface area contributed by atoms with Crippen molar-refractivity contribution in [3.05, 3.63) is 35.4 Å². The summed E-state index contributed by atoms with van der Waals surface area (Å²) in [6, 6.07) is 8.43. The van der Waals surface area contributed by atoms with Crippen LogP contribution in [0, 0.1) is 17.8 Å². The van der Waals surface area contributed by atoms with E-state index in [1.807, 2.05) is 0 Å². The third kappa shape index (κ3) is 2.00. The summed E-state index contributed by atoms with van der Waals surface area (Å²) in [7, 11) is 0. The maximum Gasteiger partial charge on any atom is 0.143 e. The van der Waals surface area contributed by atoms with E-state index in [1.54, 1.807) is 0 Å². The van der Waals surface area contributed by atoms with Crippen molar-refractivity contribution in [2.45, 2.75) is 45.4 Å². The van der Waals surface area contributed by atoms with Gasteiger partial charge in [0.2, 0.25) is 0 Å². The molecule has 0 radical (unpaired) electrons. The van der Waals surface area contributed by atoms with E-state index < -0.39 is 0 Å². The highest BCUT2D eigenvalue weighted by molar-refractivity contribution is 5.90. The molecule has 1 aromatic rings. The summed E-state index contributed by atoms with van der Waals surface area (Å²) in [6.07, 6.45) is 4.50. The van der Waals surface area contributed by atoms with Crippen LogP contribution in [0.15, 0.2) is 24.3 Å². The third-order valence-electron chi connectivity index (χ3n) is 4.78. The molecule has 0 heterocycles. The molecule has 2 aliphatic rings. The molecule has 0 N–H and O–H groups in total. The van der Waals surface area contributed by atoms with Gasteiger partial charge in [-0.3, -0.25) is 4.79 Å². The molecule has 0 spiro atoms. The Balaban J connectivity index is 1.73. The van der Waals surface area contributed by atoms with Crippen LogP contribution in [0.2, 0.25) is 0 Å². The Morgan fingerprint density at radius 2 is 1.72 bits per heavy atom. The Labute approximate surface area is 110 Å². The van der Waals surface area contributed by atoms with Gasteiger partial charge in [0.15, 0.2) is 0 Å². The maximum absolute atomic E-state index is 12.6. The molecule has 3 unspecified atom stereocenters. The van der Waals surface area contributed by atoms with Crippen LogP contribution >= 0.6 is 0 Å². The molecule has 0 bridgehead atoms. The zero-order chi connectivity index (χ0) is 12.7. The number of benzene rings is 1. The summed E-state index contributed by atoms with van der Waals surface area (Å²) in [5, 5.41) is 0. The standard InChI is InChI=1S/C17H22O/c1-11-7-12(2)9-14(8-11)17(18)16-10-13-5-3-4-6-15(13)16/h3-6,11-12,14,16H,7-10H2,1-2H3. The summed E-state index contributed by atoms with van der Waals surface area (Å²) in [5.41, 5.74) is 2.68. The Morgan fingerprint density at radius 3 is 2.39 bits per heavy atom. The Kier molecular flexibility index (Phi) is 3.01. The van der Waals surface area contributed by atoms with Crippen LogP contribution in [-0.2, 0) is 11.2 Å². The summed E-state index contributed by atoms with van der Waals surface area (Å²) >= 11 is 0. The van der Waals surface area contributed by atoms with E-state index in [0.717, 1.165) is 31.1 Å². The lowest BCUT2D eigenvalue weighted by Crippen LogP contribution is -2.34. The average molecular weight is 242 g/mol. The Bertz CT molecular complexity index is 452. The topological polar surface area (TPSA) is 17.1 Å². The van der Waals surface area contributed by atoms with E-state index in [2.05, 4.69) is 38.1 Å². The molecular weight excluding hydrogens is 220 g/mol. The van der Waals surface area contributed by atoms with E-state index in [1.165, 1.54) is 17.5 Å². The molecule has 1 fully saturated rings. The molecule has 0 aliphatic heterocycles. The van der Waals surface area contributed by atoms with Gasteiger partial charge in [0.1, 0.15) is 5.78 Å². The van der Waals surface area contributed by atoms with Crippen LogP contribution in [0.3, 0.4) is 0 Å². The molecule has 0 amide bonds. The molecule has 1 aromatic carbocycles. The highest BCUT2D eigenvalue weighted by atomic mass is 16.1. The Morgan fingerprint density at radius 1 is 1.06 bits per heavy atom. The minimum atomic E-state index is 0.212. The van der Waals surface area contributed by atoms with Crippen LogP contribution < -0.4 is 0 Å². The van der Waals surface area contributed by atoms with E-state index in [0.29, 0.717) is 11.7 Å². The van der Waals surface area contributed by atoms with Crippen LogP contribution in [0.25, 0.3) is 0 Å². The van der Waals surface area contributed by atoms with Gasteiger partial charge in [-0.05, 0) is 48.6 Å². The lowest BCUT2D eigenvalue weighted by Gasteiger charge is -2.36. The lowest BCUT2D eigenvalue weighted by atomic mass is 9.67. The monoisotopic (exact) mass is 242 g/mol. The highest BCUT2D eigenvalue weighted by Gasteiger charge is 2.38. The summed E-state index contributed by atoms with van der Waals surface area (Å²) in [6.45, 7) is 4.59. The number of rotatable bonds is 2. The van der Waals surface area contributed by atoms with Gasteiger partial charge in [0.05, 0.1) is 0 Å². The number of hydrogen-bond donors (Lipinski definition) is 0. The number of carbonyl (C=O) groups excluding carboxylic acids is 1. The molecule has 1 nitrogen and oxygen atoms in total. The number of fused-ring (bicyclic) bond motifs is 1. The molecule has 1 saturated carbocycles. The molecule has 3 rings (SSSR count). The first-order valence-corrected chi connectivity index (χ1v) is 7.26. The van der Waals surface area contributed by atoms with E-state index in [4.69, 9.17) is 0 Å². The predicted molar refractivity (Wildman–Crippen MR) is 73.6 cm³/mol. The van der Waals surface area contributed by atoms with Gasteiger partial charge in [-0.1, -0.05) is 38.1 Å². The predicted octanol–water partition coefficient (Wildman–Crippen LogP) is 3.97. The van der Waals surface area contributed by atoms with Crippen LogP contribution in [0.4, 0.5) is 0 Å². The summed E-state index contributed by atoms with van der Waals surface area (Å²) in [5.74, 6) is 2.49. The quantitative estimate of drug-likeness (QED) is 0.767. The van der Waals surface area contributed by atoms with Crippen molar-refractivity contribution in [3.63, 3.8) is 0 Å². The van der Waals surface area contributed by atoms with Crippen molar-refractivity contribution < 1.29 is 4.79 Å². The Hall–Kier alpha value is -1.11. The van der Waals surface area contributed by atoms with Crippen LogP contribution in [0.5, 0.6) is 0 Å². The van der Waals surface area contributed by atoms with Gasteiger partial charge in [-0.15, -0.1) is 0 Å². The third-order valence-corrected chi connectivity index (χ3v) is 4.78. The minimum Gasteiger partial charge on any atom is -0.299 e. The number of carbonyl (C=O) groups is 1. The normalized spacial score (nSPS) is 34.6. The fraction of sp³-hybridized carbons (Fsp3) is 0.588. The van der Waals surface area contributed by atoms with Crippen molar-refractivity contribution in [1.29, 1.82) is 0 Å². The summed E-state index contributed by atoms with van der Waals surface area (Å²) in [4.78, 5) is 12.6. The molecule has 18 heavy (non-hydrogen) atoms. The first-order valence-electron chi connectivity index (χ1n) is 7.26. The molecule has 2 aliphatic carbocycles. The number of hydrogen-bond acceptors (Lipinski definition) is 1. The van der Waals surface area contributed by atoms with Gasteiger partial charge < -0.3 is 0 Å². The fourth-order valence-electron chi connectivity index (χ4n) is 3.98. The SMILES string of the molecule is CC1CC(C)CC(C(=O)C2Cc3ccccc32)C1. The maximum atomic E-state index is 12.6. The van der Waals surface area contributed by atoms with Gasteiger partial charge in [0, 0.05) is 11.8 Å². The van der Waals surface area contributed by atoms with Gasteiger partial charge in [-0.2, -0.15) is 0 Å². The smallest absolute Gasteiger partial charge is 0.143 e.